The van der Waals surface area contributed by atoms with Gasteiger partial charge in [-0.05, 0) is 39.8 Å². The Kier molecular flexibility index (Phi) is 4.11. The lowest BCUT2D eigenvalue weighted by Gasteiger charge is -2.31. The molecule has 1 fully saturated rings. The number of likely N-dealkylation sites (N-methyl/N-ethyl adjacent to an activating group) is 1. The molecule has 0 radical (unpaired) electrons. The number of hydrogen-bond acceptors (Lipinski definition) is 3. The molecule has 1 unspecified atom stereocenters. The van der Waals surface area contributed by atoms with E-state index in [9.17, 15) is 9.90 Å². The molecule has 0 bridgehead atoms. The average molecular weight is 214 g/mol. The summed E-state index contributed by atoms with van der Waals surface area (Å²) in [6, 6.07) is 0.418. The molecule has 0 saturated heterocycles. The van der Waals surface area contributed by atoms with Gasteiger partial charge in [0.25, 0.3) is 0 Å². The number of carboxylic acid groups (broad SMARTS) is 1. The van der Waals surface area contributed by atoms with E-state index in [1.54, 1.807) is 6.92 Å². The first-order valence-electron chi connectivity index (χ1n) is 5.67. The molecule has 88 valence electrons. The second-order valence-corrected chi connectivity index (χ2v) is 4.79. The van der Waals surface area contributed by atoms with Gasteiger partial charge in [-0.2, -0.15) is 0 Å². The summed E-state index contributed by atoms with van der Waals surface area (Å²) in [6.07, 6.45) is 3.27. The molecule has 0 aromatic heterocycles. The zero-order valence-electron chi connectivity index (χ0n) is 9.92. The summed E-state index contributed by atoms with van der Waals surface area (Å²) in [4.78, 5) is 13.3. The Morgan fingerprint density at radius 2 is 2.20 bits per heavy atom. The summed E-state index contributed by atoms with van der Waals surface area (Å²) in [7, 11) is 1.97. The number of nitrogens with one attached hydrogen (secondary N) is 1. The highest BCUT2D eigenvalue weighted by Crippen LogP contribution is 2.23. The van der Waals surface area contributed by atoms with Crippen LogP contribution >= 0.6 is 0 Å². The van der Waals surface area contributed by atoms with Crippen molar-refractivity contribution >= 4 is 5.97 Å². The molecule has 1 aliphatic carbocycles. The molecule has 1 saturated carbocycles. The van der Waals surface area contributed by atoms with E-state index in [0.717, 1.165) is 25.8 Å². The van der Waals surface area contributed by atoms with Gasteiger partial charge in [-0.1, -0.05) is 6.92 Å². The fourth-order valence-electron chi connectivity index (χ4n) is 1.85. The molecule has 0 aliphatic heterocycles. The van der Waals surface area contributed by atoms with Gasteiger partial charge in [0.2, 0.25) is 0 Å². The van der Waals surface area contributed by atoms with Crippen LogP contribution in [0.5, 0.6) is 0 Å². The van der Waals surface area contributed by atoms with E-state index in [1.807, 2.05) is 7.05 Å². The minimum Gasteiger partial charge on any atom is -0.480 e. The van der Waals surface area contributed by atoms with Crippen LogP contribution in [-0.4, -0.2) is 47.7 Å². The molecular weight excluding hydrogens is 192 g/mol. The van der Waals surface area contributed by atoms with Gasteiger partial charge in [0, 0.05) is 12.6 Å². The molecule has 1 atom stereocenters. The van der Waals surface area contributed by atoms with E-state index in [1.165, 1.54) is 0 Å². The van der Waals surface area contributed by atoms with E-state index in [4.69, 9.17) is 0 Å². The zero-order valence-corrected chi connectivity index (χ0v) is 9.92. The predicted molar refractivity (Wildman–Crippen MR) is 60.0 cm³/mol. The Bertz CT molecular complexity index is 229. The number of nitrogens with zero attached hydrogens (tertiary/aromatic N) is 1. The number of carbonyl (C=O) groups is 1. The monoisotopic (exact) mass is 214 g/mol. The van der Waals surface area contributed by atoms with Crippen molar-refractivity contribution in [3.63, 3.8) is 0 Å². The highest BCUT2D eigenvalue weighted by Gasteiger charge is 2.39. The third kappa shape index (κ3) is 3.80. The van der Waals surface area contributed by atoms with Gasteiger partial charge in [0.1, 0.15) is 5.54 Å². The highest BCUT2D eigenvalue weighted by molar-refractivity contribution is 5.78. The molecule has 1 aliphatic rings. The first kappa shape index (κ1) is 12.5. The third-order valence-electron chi connectivity index (χ3n) is 2.76. The molecule has 0 aromatic rings. The Morgan fingerprint density at radius 1 is 1.60 bits per heavy atom. The Hall–Kier alpha value is -0.610. The largest absolute Gasteiger partial charge is 0.480 e. The van der Waals surface area contributed by atoms with E-state index < -0.39 is 11.5 Å². The van der Waals surface area contributed by atoms with Gasteiger partial charge in [0.05, 0.1) is 0 Å². The SMILES string of the molecule is CCCN(C)CC(C)(NC1CC1)C(=O)O. The zero-order chi connectivity index (χ0) is 11.5. The smallest absolute Gasteiger partial charge is 0.324 e. The maximum Gasteiger partial charge on any atom is 0.324 e. The number of rotatable bonds is 7. The fraction of sp³-hybridized carbons (Fsp3) is 0.909. The van der Waals surface area contributed by atoms with Crippen LogP contribution in [0.25, 0.3) is 0 Å². The maximum atomic E-state index is 11.2. The summed E-state index contributed by atoms with van der Waals surface area (Å²) < 4.78 is 0. The minimum atomic E-state index is -0.801. The minimum absolute atomic E-state index is 0.418. The predicted octanol–water partition coefficient (Wildman–Crippen LogP) is 0.923. The van der Waals surface area contributed by atoms with Crippen molar-refractivity contribution in [1.82, 2.24) is 10.2 Å². The number of aliphatic carboxylic acids is 1. The van der Waals surface area contributed by atoms with Crippen molar-refractivity contribution in [3.8, 4) is 0 Å². The van der Waals surface area contributed by atoms with Gasteiger partial charge < -0.3 is 10.0 Å². The Morgan fingerprint density at radius 3 is 2.60 bits per heavy atom. The molecule has 1 rings (SSSR count). The van der Waals surface area contributed by atoms with Gasteiger partial charge in [-0.3, -0.25) is 10.1 Å². The lowest BCUT2D eigenvalue weighted by Crippen LogP contribution is -2.57. The molecule has 4 nitrogen and oxygen atoms in total. The second kappa shape index (κ2) is 4.94. The highest BCUT2D eigenvalue weighted by atomic mass is 16.4. The first-order chi connectivity index (χ1) is 6.98. The molecule has 15 heavy (non-hydrogen) atoms. The number of carboxylic acids is 1. The van der Waals surface area contributed by atoms with Gasteiger partial charge >= 0.3 is 5.97 Å². The third-order valence-corrected chi connectivity index (χ3v) is 2.76. The van der Waals surface area contributed by atoms with Crippen molar-refractivity contribution in [1.29, 1.82) is 0 Å². The summed E-state index contributed by atoms with van der Waals surface area (Å²) in [5.74, 6) is -0.752. The van der Waals surface area contributed by atoms with Crippen LogP contribution in [0.2, 0.25) is 0 Å². The summed E-state index contributed by atoms with van der Waals surface area (Å²) in [5, 5.41) is 12.5. The quantitative estimate of drug-likeness (QED) is 0.662. The van der Waals surface area contributed by atoms with E-state index in [-0.39, 0.29) is 0 Å². The lowest BCUT2D eigenvalue weighted by atomic mass is 10.0. The van der Waals surface area contributed by atoms with Crippen LogP contribution in [0.3, 0.4) is 0 Å². The van der Waals surface area contributed by atoms with Gasteiger partial charge in [-0.15, -0.1) is 0 Å². The van der Waals surface area contributed by atoms with Crippen LogP contribution in [0.1, 0.15) is 33.1 Å². The Balaban J connectivity index is 2.50. The molecule has 4 heteroatoms. The second-order valence-electron chi connectivity index (χ2n) is 4.79. The van der Waals surface area contributed by atoms with Crippen molar-refractivity contribution in [2.45, 2.75) is 44.7 Å². The molecule has 0 amide bonds. The van der Waals surface area contributed by atoms with Crippen molar-refractivity contribution in [3.05, 3.63) is 0 Å². The van der Waals surface area contributed by atoms with E-state index in [2.05, 4.69) is 17.1 Å². The standard InChI is InChI=1S/C11H22N2O2/c1-4-7-13(3)8-11(2,10(14)15)12-9-5-6-9/h9,12H,4-8H2,1-3H3,(H,14,15). The topological polar surface area (TPSA) is 52.6 Å². The maximum absolute atomic E-state index is 11.2. The summed E-state index contributed by atoms with van der Waals surface area (Å²) in [6.45, 7) is 5.38. The van der Waals surface area contributed by atoms with Crippen LogP contribution in [0, 0.1) is 0 Å². The summed E-state index contributed by atoms with van der Waals surface area (Å²) >= 11 is 0. The van der Waals surface area contributed by atoms with Gasteiger partial charge in [-0.25, -0.2) is 0 Å². The van der Waals surface area contributed by atoms with Crippen molar-refractivity contribution < 1.29 is 9.90 Å². The van der Waals surface area contributed by atoms with Crippen molar-refractivity contribution in [2.75, 3.05) is 20.1 Å². The lowest BCUT2D eigenvalue weighted by molar-refractivity contribution is -0.145. The van der Waals surface area contributed by atoms with Crippen LogP contribution in [0.4, 0.5) is 0 Å². The Labute approximate surface area is 91.6 Å². The average Bonchev–Trinajstić information content (AvgIpc) is 2.87. The van der Waals surface area contributed by atoms with Crippen LogP contribution < -0.4 is 5.32 Å². The fourth-order valence-corrected chi connectivity index (χ4v) is 1.85. The van der Waals surface area contributed by atoms with Crippen LogP contribution in [0.15, 0.2) is 0 Å². The molecule has 0 aromatic carbocycles. The van der Waals surface area contributed by atoms with E-state index in [0.29, 0.717) is 12.6 Å². The first-order valence-corrected chi connectivity index (χ1v) is 5.67. The summed E-state index contributed by atoms with van der Waals surface area (Å²) in [5.41, 5.74) is -0.801. The molecule has 0 heterocycles. The van der Waals surface area contributed by atoms with E-state index >= 15 is 0 Å². The van der Waals surface area contributed by atoms with Gasteiger partial charge in [0.15, 0.2) is 0 Å². The van der Waals surface area contributed by atoms with Crippen LogP contribution in [-0.2, 0) is 4.79 Å². The molecule has 2 N–H and O–H groups in total. The molecular formula is C11H22N2O2. The molecule has 0 spiro atoms. The normalized spacial score (nSPS) is 20.3. The van der Waals surface area contributed by atoms with Crippen molar-refractivity contribution in [2.24, 2.45) is 0 Å². The number of hydrogen-bond donors (Lipinski definition) is 2.